The molecule has 0 aromatic heterocycles. The van der Waals surface area contributed by atoms with Gasteiger partial charge in [-0.05, 0) is 43.9 Å². The number of rotatable bonds is 2. The molecule has 100 valence electrons. The molecule has 18 heavy (non-hydrogen) atoms. The fourth-order valence-electron chi connectivity index (χ4n) is 4.10. The summed E-state index contributed by atoms with van der Waals surface area (Å²) in [5, 5.41) is 8.98. The SMILES string of the molecule is O=C(O)[C@@H]1CC[C@H](C(=O)N2CC3CCCC3C2)C1. The van der Waals surface area contributed by atoms with Crippen LogP contribution in [-0.4, -0.2) is 35.0 Å². The number of carbonyl (C=O) groups is 2. The minimum atomic E-state index is -0.733. The third kappa shape index (κ3) is 2.02. The maximum atomic E-state index is 12.4. The summed E-state index contributed by atoms with van der Waals surface area (Å²) < 4.78 is 0. The van der Waals surface area contributed by atoms with Crippen LogP contribution in [0, 0.1) is 23.7 Å². The van der Waals surface area contributed by atoms with E-state index in [1.807, 2.05) is 4.90 Å². The Balaban J connectivity index is 1.58. The summed E-state index contributed by atoms with van der Waals surface area (Å²) in [5.74, 6) is 0.638. The smallest absolute Gasteiger partial charge is 0.306 e. The highest BCUT2D eigenvalue weighted by Crippen LogP contribution is 2.40. The Hall–Kier alpha value is -1.06. The van der Waals surface area contributed by atoms with Gasteiger partial charge in [-0.25, -0.2) is 0 Å². The summed E-state index contributed by atoms with van der Waals surface area (Å²) in [4.78, 5) is 25.3. The van der Waals surface area contributed by atoms with Crippen LogP contribution in [0.4, 0.5) is 0 Å². The van der Waals surface area contributed by atoms with E-state index in [0.29, 0.717) is 12.8 Å². The third-order valence-corrected chi connectivity index (χ3v) is 5.17. The van der Waals surface area contributed by atoms with E-state index in [4.69, 9.17) is 5.11 Å². The van der Waals surface area contributed by atoms with Crippen LogP contribution >= 0.6 is 0 Å². The molecule has 0 aromatic carbocycles. The first kappa shape index (κ1) is 12.0. The average molecular weight is 251 g/mol. The number of hydrogen-bond donors (Lipinski definition) is 1. The van der Waals surface area contributed by atoms with Crippen LogP contribution in [0.5, 0.6) is 0 Å². The summed E-state index contributed by atoms with van der Waals surface area (Å²) in [6, 6.07) is 0. The largest absolute Gasteiger partial charge is 0.481 e. The molecule has 0 radical (unpaired) electrons. The molecule has 4 heteroatoms. The van der Waals surface area contributed by atoms with Crippen molar-refractivity contribution in [2.45, 2.75) is 38.5 Å². The lowest BCUT2D eigenvalue weighted by Gasteiger charge is -2.21. The van der Waals surface area contributed by atoms with Gasteiger partial charge >= 0.3 is 5.97 Å². The number of aliphatic carboxylic acids is 1. The lowest BCUT2D eigenvalue weighted by Crippen LogP contribution is -2.34. The van der Waals surface area contributed by atoms with E-state index in [2.05, 4.69) is 0 Å². The van der Waals surface area contributed by atoms with Gasteiger partial charge in [-0.1, -0.05) is 6.42 Å². The molecule has 1 heterocycles. The molecule has 1 amide bonds. The van der Waals surface area contributed by atoms with E-state index in [1.54, 1.807) is 0 Å². The monoisotopic (exact) mass is 251 g/mol. The number of fused-ring (bicyclic) bond motifs is 1. The van der Waals surface area contributed by atoms with Gasteiger partial charge in [-0.15, -0.1) is 0 Å². The number of hydrogen-bond acceptors (Lipinski definition) is 2. The number of likely N-dealkylation sites (tertiary alicyclic amines) is 1. The van der Waals surface area contributed by atoms with Gasteiger partial charge in [-0.2, -0.15) is 0 Å². The van der Waals surface area contributed by atoms with E-state index in [-0.39, 0.29) is 17.7 Å². The Labute approximate surface area is 107 Å². The molecule has 1 N–H and O–H groups in total. The van der Waals surface area contributed by atoms with E-state index in [9.17, 15) is 9.59 Å². The molecule has 2 saturated carbocycles. The Morgan fingerprint density at radius 2 is 1.56 bits per heavy atom. The average Bonchev–Trinajstić information content (AvgIpc) is 3.02. The number of amides is 1. The zero-order valence-electron chi connectivity index (χ0n) is 10.7. The molecule has 4 atom stereocenters. The molecule has 2 unspecified atom stereocenters. The second-order valence-corrected chi connectivity index (χ2v) is 6.24. The normalized spacial score (nSPS) is 39.0. The molecule has 3 aliphatic rings. The van der Waals surface area contributed by atoms with Gasteiger partial charge in [0.2, 0.25) is 5.91 Å². The summed E-state index contributed by atoms with van der Waals surface area (Å²) in [7, 11) is 0. The van der Waals surface area contributed by atoms with Crippen molar-refractivity contribution < 1.29 is 14.7 Å². The first-order valence-corrected chi connectivity index (χ1v) is 7.16. The van der Waals surface area contributed by atoms with Crippen molar-refractivity contribution >= 4 is 11.9 Å². The fourth-order valence-corrected chi connectivity index (χ4v) is 4.10. The molecule has 0 spiro atoms. The Bertz CT molecular complexity index is 356. The summed E-state index contributed by atoms with van der Waals surface area (Å²) in [6.45, 7) is 1.86. The van der Waals surface area contributed by atoms with E-state index in [1.165, 1.54) is 19.3 Å². The van der Waals surface area contributed by atoms with Gasteiger partial charge in [0.25, 0.3) is 0 Å². The maximum absolute atomic E-state index is 12.4. The number of carbonyl (C=O) groups excluding carboxylic acids is 1. The van der Waals surface area contributed by atoms with Gasteiger partial charge < -0.3 is 10.0 Å². The van der Waals surface area contributed by atoms with Crippen molar-refractivity contribution in [3.05, 3.63) is 0 Å². The van der Waals surface area contributed by atoms with Crippen molar-refractivity contribution in [3.63, 3.8) is 0 Å². The lowest BCUT2D eigenvalue weighted by atomic mass is 10.0. The molecular weight excluding hydrogens is 230 g/mol. The second kappa shape index (κ2) is 4.56. The zero-order valence-corrected chi connectivity index (χ0v) is 10.7. The molecule has 3 fully saturated rings. The van der Waals surface area contributed by atoms with E-state index >= 15 is 0 Å². The van der Waals surface area contributed by atoms with Crippen molar-refractivity contribution in [2.75, 3.05) is 13.1 Å². The molecular formula is C14H21NO3. The quantitative estimate of drug-likeness (QED) is 0.813. The van der Waals surface area contributed by atoms with Crippen LogP contribution in [0.15, 0.2) is 0 Å². The predicted molar refractivity (Wildman–Crippen MR) is 65.9 cm³/mol. The first-order chi connectivity index (χ1) is 8.65. The minimum absolute atomic E-state index is 0.0232. The van der Waals surface area contributed by atoms with Gasteiger partial charge in [0.05, 0.1) is 5.92 Å². The van der Waals surface area contributed by atoms with Gasteiger partial charge in [-0.3, -0.25) is 9.59 Å². The highest BCUT2D eigenvalue weighted by molar-refractivity contribution is 5.81. The predicted octanol–water partition coefficient (Wildman–Crippen LogP) is 1.75. The van der Waals surface area contributed by atoms with Gasteiger partial charge in [0.1, 0.15) is 0 Å². The lowest BCUT2D eigenvalue weighted by molar-refractivity contribution is -0.141. The molecule has 4 nitrogen and oxygen atoms in total. The van der Waals surface area contributed by atoms with E-state index < -0.39 is 5.97 Å². The highest BCUT2D eigenvalue weighted by Gasteiger charge is 2.42. The van der Waals surface area contributed by atoms with Crippen molar-refractivity contribution in [1.29, 1.82) is 0 Å². The van der Waals surface area contributed by atoms with Crippen LogP contribution < -0.4 is 0 Å². The third-order valence-electron chi connectivity index (χ3n) is 5.17. The molecule has 0 bridgehead atoms. The summed E-state index contributed by atoms with van der Waals surface area (Å²) in [5.41, 5.74) is 0. The van der Waals surface area contributed by atoms with Gasteiger partial charge in [0.15, 0.2) is 0 Å². The molecule has 0 aromatic rings. The Morgan fingerprint density at radius 1 is 0.944 bits per heavy atom. The standard InChI is InChI=1S/C14H21NO3/c16-13(9-4-5-10(6-9)14(17)18)15-7-11-2-1-3-12(11)8-15/h9-12H,1-8H2,(H,17,18)/t9-,10+,11?,12?/m0/s1. The van der Waals surface area contributed by atoms with Crippen molar-refractivity contribution in [1.82, 2.24) is 4.90 Å². The molecule has 3 rings (SSSR count). The molecule has 2 aliphatic carbocycles. The Kier molecular flexibility index (Phi) is 3.04. The van der Waals surface area contributed by atoms with Gasteiger partial charge in [0, 0.05) is 19.0 Å². The van der Waals surface area contributed by atoms with E-state index in [0.717, 1.165) is 31.3 Å². The fraction of sp³-hybridized carbons (Fsp3) is 0.857. The first-order valence-electron chi connectivity index (χ1n) is 7.16. The Morgan fingerprint density at radius 3 is 2.11 bits per heavy atom. The van der Waals surface area contributed by atoms with Crippen LogP contribution in [0.1, 0.15) is 38.5 Å². The number of nitrogens with zero attached hydrogens (tertiary/aromatic N) is 1. The van der Waals surface area contributed by atoms with Crippen LogP contribution in [-0.2, 0) is 9.59 Å². The van der Waals surface area contributed by atoms with Crippen LogP contribution in [0.25, 0.3) is 0 Å². The highest BCUT2D eigenvalue weighted by atomic mass is 16.4. The molecule has 1 aliphatic heterocycles. The number of carboxylic acids is 1. The number of carboxylic acid groups (broad SMARTS) is 1. The van der Waals surface area contributed by atoms with Crippen molar-refractivity contribution in [2.24, 2.45) is 23.7 Å². The minimum Gasteiger partial charge on any atom is -0.481 e. The maximum Gasteiger partial charge on any atom is 0.306 e. The van der Waals surface area contributed by atoms with Crippen molar-refractivity contribution in [3.8, 4) is 0 Å². The zero-order chi connectivity index (χ0) is 12.7. The topological polar surface area (TPSA) is 57.6 Å². The molecule has 1 saturated heterocycles. The van der Waals surface area contributed by atoms with Crippen LogP contribution in [0.3, 0.4) is 0 Å². The summed E-state index contributed by atoms with van der Waals surface area (Å²) in [6.07, 6.45) is 5.86. The summed E-state index contributed by atoms with van der Waals surface area (Å²) >= 11 is 0. The second-order valence-electron chi connectivity index (χ2n) is 6.24. The van der Waals surface area contributed by atoms with Crippen LogP contribution in [0.2, 0.25) is 0 Å².